The Bertz CT molecular complexity index is 606. The molecule has 2 N–H and O–H groups in total. The molecule has 1 aliphatic heterocycles. The normalized spacial score (nSPS) is 21.1. The summed E-state index contributed by atoms with van der Waals surface area (Å²) in [5, 5.41) is 4.78. The first kappa shape index (κ1) is 15.1. The minimum absolute atomic E-state index is 0.251. The van der Waals surface area contributed by atoms with E-state index in [9.17, 15) is 0 Å². The van der Waals surface area contributed by atoms with E-state index in [0.717, 1.165) is 37.5 Å². The van der Waals surface area contributed by atoms with Crippen LogP contribution in [0.5, 0.6) is 0 Å². The highest BCUT2D eigenvalue weighted by molar-refractivity contribution is 5.20. The molecule has 118 valence electrons. The fourth-order valence-electron chi connectivity index (χ4n) is 3.05. The van der Waals surface area contributed by atoms with Gasteiger partial charge in [-0.15, -0.1) is 0 Å². The number of hydrogen-bond acceptors (Lipinski definition) is 5. The first-order valence-electron chi connectivity index (χ1n) is 7.89. The molecule has 6 nitrogen and oxygen atoms in total. The average molecular weight is 300 g/mol. The predicted octanol–water partition coefficient (Wildman–Crippen LogP) is 1.20. The van der Waals surface area contributed by atoms with Gasteiger partial charge in [-0.1, -0.05) is 0 Å². The summed E-state index contributed by atoms with van der Waals surface area (Å²) in [4.78, 5) is 11.0. The van der Waals surface area contributed by atoms with Gasteiger partial charge in [0.1, 0.15) is 5.82 Å². The second kappa shape index (κ2) is 6.54. The smallest absolute Gasteiger partial charge is 0.152 e. The minimum Gasteiger partial charge on any atom is -0.330 e. The van der Waals surface area contributed by atoms with Gasteiger partial charge in [-0.3, -0.25) is 4.98 Å². The second-order valence-corrected chi connectivity index (χ2v) is 6.19. The Morgan fingerprint density at radius 2 is 2.05 bits per heavy atom. The molecule has 2 aromatic rings. The molecule has 0 aromatic carbocycles. The van der Waals surface area contributed by atoms with Crippen LogP contribution in [-0.4, -0.2) is 51.8 Å². The summed E-state index contributed by atoms with van der Waals surface area (Å²) in [6.45, 7) is 1.59. The van der Waals surface area contributed by atoms with Crippen molar-refractivity contribution >= 4 is 0 Å². The number of rotatable bonds is 5. The molecule has 0 bridgehead atoms. The van der Waals surface area contributed by atoms with Gasteiger partial charge in [0.05, 0.1) is 6.04 Å². The lowest BCUT2D eigenvalue weighted by Crippen LogP contribution is -2.27. The predicted molar refractivity (Wildman–Crippen MR) is 85.7 cm³/mol. The van der Waals surface area contributed by atoms with Gasteiger partial charge in [0.15, 0.2) is 5.82 Å². The number of fused-ring (bicyclic) bond motifs is 1. The van der Waals surface area contributed by atoms with E-state index in [2.05, 4.69) is 40.8 Å². The number of aromatic nitrogens is 4. The van der Waals surface area contributed by atoms with E-state index in [1.54, 1.807) is 0 Å². The van der Waals surface area contributed by atoms with Gasteiger partial charge in [0.25, 0.3) is 0 Å². The van der Waals surface area contributed by atoms with E-state index < -0.39 is 0 Å². The van der Waals surface area contributed by atoms with Gasteiger partial charge in [0.2, 0.25) is 0 Å². The van der Waals surface area contributed by atoms with Crippen LogP contribution in [0.4, 0.5) is 0 Å². The minimum atomic E-state index is 0.251. The fourth-order valence-corrected chi connectivity index (χ4v) is 3.05. The number of nitrogens with zero attached hydrogens (tertiary/aromatic N) is 5. The maximum Gasteiger partial charge on any atom is 0.152 e. The maximum absolute atomic E-state index is 5.93. The van der Waals surface area contributed by atoms with Crippen molar-refractivity contribution in [3.63, 3.8) is 0 Å². The van der Waals surface area contributed by atoms with Crippen molar-refractivity contribution in [1.82, 2.24) is 24.6 Å². The molecule has 0 saturated carbocycles. The molecule has 2 atom stereocenters. The first-order valence-corrected chi connectivity index (χ1v) is 7.89. The fraction of sp³-hybridized carbons (Fsp3) is 0.562. The molecule has 0 radical (unpaired) electrons. The molecule has 0 fully saturated rings. The Morgan fingerprint density at radius 3 is 2.73 bits per heavy atom. The van der Waals surface area contributed by atoms with E-state index in [0.29, 0.717) is 12.5 Å². The zero-order valence-corrected chi connectivity index (χ0v) is 13.3. The van der Waals surface area contributed by atoms with Crippen molar-refractivity contribution < 1.29 is 0 Å². The monoisotopic (exact) mass is 300 g/mol. The zero-order chi connectivity index (χ0) is 15.5. The molecule has 3 rings (SSSR count). The van der Waals surface area contributed by atoms with E-state index in [4.69, 9.17) is 15.8 Å². The van der Waals surface area contributed by atoms with E-state index in [-0.39, 0.29) is 6.04 Å². The molecule has 6 heteroatoms. The number of pyridine rings is 1. The summed E-state index contributed by atoms with van der Waals surface area (Å²) >= 11 is 0. The molecule has 0 aliphatic carbocycles. The van der Waals surface area contributed by atoms with Gasteiger partial charge in [0, 0.05) is 37.8 Å². The Balaban J connectivity index is 1.92. The lowest BCUT2D eigenvalue weighted by Gasteiger charge is -2.28. The third kappa shape index (κ3) is 3.03. The van der Waals surface area contributed by atoms with Crippen LogP contribution in [0.2, 0.25) is 0 Å². The average Bonchev–Trinajstić information content (AvgIpc) is 2.97. The van der Waals surface area contributed by atoms with Gasteiger partial charge >= 0.3 is 0 Å². The molecule has 2 aromatic heterocycles. The van der Waals surface area contributed by atoms with Crippen LogP contribution < -0.4 is 5.73 Å². The van der Waals surface area contributed by atoms with Crippen LogP contribution in [0.1, 0.15) is 42.0 Å². The van der Waals surface area contributed by atoms with Crippen LogP contribution in [0.25, 0.3) is 0 Å². The van der Waals surface area contributed by atoms with Crippen LogP contribution in [0, 0.1) is 0 Å². The summed E-state index contributed by atoms with van der Waals surface area (Å²) in [6, 6.07) is 4.39. The van der Waals surface area contributed by atoms with Gasteiger partial charge in [-0.2, -0.15) is 5.10 Å². The molecule has 2 unspecified atom stereocenters. The summed E-state index contributed by atoms with van der Waals surface area (Å²) in [6.07, 6.45) is 6.67. The second-order valence-electron chi connectivity index (χ2n) is 6.19. The third-order valence-corrected chi connectivity index (χ3v) is 4.31. The summed E-state index contributed by atoms with van der Waals surface area (Å²) in [5.41, 5.74) is 7.18. The third-order valence-electron chi connectivity index (χ3n) is 4.31. The van der Waals surface area contributed by atoms with E-state index in [1.165, 1.54) is 5.56 Å². The molecular weight excluding hydrogens is 276 g/mol. The summed E-state index contributed by atoms with van der Waals surface area (Å²) < 4.78 is 2.10. The van der Waals surface area contributed by atoms with Crippen molar-refractivity contribution in [2.75, 3.05) is 27.2 Å². The Kier molecular flexibility index (Phi) is 4.49. The first-order chi connectivity index (χ1) is 10.7. The molecule has 0 saturated heterocycles. The summed E-state index contributed by atoms with van der Waals surface area (Å²) in [5.74, 6) is 2.28. The van der Waals surface area contributed by atoms with Crippen LogP contribution in [0.3, 0.4) is 0 Å². The quantitative estimate of drug-likeness (QED) is 0.898. The number of likely N-dealkylation sites (N-methyl/N-ethyl adjacent to an activating group) is 1. The standard InChI is InChI=1S/C16H24N6/c1-21(2)10-7-15-19-16-13(11-17)3-4-14(22(16)20-15)12-5-8-18-9-6-12/h5-6,8-9,13-14H,3-4,7,10-11,17H2,1-2H3. The zero-order valence-electron chi connectivity index (χ0n) is 13.3. The van der Waals surface area contributed by atoms with E-state index >= 15 is 0 Å². The molecule has 3 heterocycles. The lowest BCUT2D eigenvalue weighted by atomic mass is 9.91. The van der Waals surface area contributed by atoms with E-state index in [1.807, 2.05) is 12.4 Å². The van der Waals surface area contributed by atoms with Crippen molar-refractivity contribution in [2.24, 2.45) is 5.73 Å². The SMILES string of the molecule is CN(C)CCc1nc2n(n1)C(c1ccncc1)CCC2CN. The number of nitrogens with two attached hydrogens (primary N) is 1. The highest BCUT2D eigenvalue weighted by atomic mass is 15.4. The van der Waals surface area contributed by atoms with Crippen molar-refractivity contribution in [3.8, 4) is 0 Å². The van der Waals surface area contributed by atoms with Crippen LogP contribution >= 0.6 is 0 Å². The van der Waals surface area contributed by atoms with Crippen LogP contribution in [-0.2, 0) is 6.42 Å². The van der Waals surface area contributed by atoms with Crippen LogP contribution in [0.15, 0.2) is 24.5 Å². The van der Waals surface area contributed by atoms with Crippen molar-refractivity contribution in [2.45, 2.75) is 31.2 Å². The number of hydrogen-bond donors (Lipinski definition) is 1. The molecule has 0 amide bonds. The van der Waals surface area contributed by atoms with Crippen molar-refractivity contribution in [1.29, 1.82) is 0 Å². The molecular formula is C16H24N6. The topological polar surface area (TPSA) is 72.9 Å². The van der Waals surface area contributed by atoms with Gasteiger partial charge in [-0.05, 0) is 44.6 Å². The molecule has 1 aliphatic rings. The van der Waals surface area contributed by atoms with Gasteiger partial charge in [-0.25, -0.2) is 9.67 Å². The maximum atomic E-state index is 5.93. The highest BCUT2D eigenvalue weighted by Gasteiger charge is 2.30. The Morgan fingerprint density at radius 1 is 1.27 bits per heavy atom. The van der Waals surface area contributed by atoms with Gasteiger partial charge < -0.3 is 10.6 Å². The lowest BCUT2D eigenvalue weighted by molar-refractivity contribution is 0.366. The summed E-state index contributed by atoms with van der Waals surface area (Å²) in [7, 11) is 4.14. The molecule has 22 heavy (non-hydrogen) atoms. The Labute approximate surface area is 131 Å². The Hall–Kier alpha value is -1.79. The highest BCUT2D eigenvalue weighted by Crippen LogP contribution is 2.35. The largest absolute Gasteiger partial charge is 0.330 e. The molecule has 0 spiro atoms. The van der Waals surface area contributed by atoms with Crippen molar-refractivity contribution in [3.05, 3.63) is 41.7 Å².